The summed E-state index contributed by atoms with van der Waals surface area (Å²) in [5.74, 6) is 0.860. The molecule has 0 bridgehead atoms. The lowest BCUT2D eigenvalue weighted by Crippen LogP contribution is -2.54. The standard InChI is InChI=1S/C22H33N5S/c1-6-23-21(24-13-20-26-16(2)17(3)28-20)25-15-22(4,5)27-12-11-18-9-7-8-10-19(18)14-27/h7-10H,6,11-15H2,1-5H3,(H2,23,24,25). The van der Waals surface area contributed by atoms with Crippen molar-refractivity contribution in [1.82, 2.24) is 20.5 Å². The molecule has 0 amide bonds. The molecule has 1 aromatic carbocycles. The Balaban J connectivity index is 1.61. The molecule has 28 heavy (non-hydrogen) atoms. The molecule has 0 fully saturated rings. The van der Waals surface area contributed by atoms with E-state index in [0.29, 0.717) is 6.54 Å². The van der Waals surface area contributed by atoms with E-state index in [0.717, 1.165) is 49.3 Å². The first-order valence-electron chi connectivity index (χ1n) is 10.2. The van der Waals surface area contributed by atoms with Crippen LogP contribution in [0.5, 0.6) is 0 Å². The van der Waals surface area contributed by atoms with Crippen molar-refractivity contribution < 1.29 is 0 Å². The fourth-order valence-corrected chi connectivity index (χ4v) is 4.38. The van der Waals surface area contributed by atoms with E-state index in [1.807, 2.05) is 0 Å². The molecule has 1 aliphatic rings. The molecule has 0 aliphatic carbocycles. The van der Waals surface area contributed by atoms with Gasteiger partial charge in [0.15, 0.2) is 5.96 Å². The number of benzene rings is 1. The lowest BCUT2D eigenvalue weighted by molar-refractivity contribution is 0.107. The van der Waals surface area contributed by atoms with Crippen LogP contribution in [0.1, 0.15) is 47.5 Å². The second-order valence-electron chi connectivity index (χ2n) is 8.05. The smallest absolute Gasteiger partial charge is 0.191 e. The van der Waals surface area contributed by atoms with Crippen molar-refractivity contribution >= 4 is 17.3 Å². The van der Waals surface area contributed by atoms with Crippen LogP contribution in [0.3, 0.4) is 0 Å². The van der Waals surface area contributed by atoms with Crippen molar-refractivity contribution in [2.75, 3.05) is 19.6 Å². The average molecular weight is 400 g/mol. The predicted octanol–water partition coefficient (Wildman–Crippen LogP) is 3.65. The van der Waals surface area contributed by atoms with Gasteiger partial charge in [-0.3, -0.25) is 4.90 Å². The van der Waals surface area contributed by atoms with Gasteiger partial charge in [0.2, 0.25) is 0 Å². The van der Waals surface area contributed by atoms with Gasteiger partial charge < -0.3 is 10.6 Å². The van der Waals surface area contributed by atoms with E-state index >= 15 is 0 Å². The molecule has 0 saturated heterocycles. The fourth-order valence-electron chi connectivity index (χ4n) is 3.52. The summed E-state index contributed by atoms with van der Waals surface area (Å²) in [6, 6.07) is 8.81. The van der Waals surface area contributed by atoms with Crippen LogP contribution >= 0.6 is 11.3 Å². The molecule has 2 N–H and O–H groups in total. The minimum Gasteiger partial charge on any atom is -0.357 e. The number of nitrogens with zero attached hydrogens (tertiary/aromatic N) is 3. The second kappa shape index (κ2) is 9.05. The molecule has 0 unspecified atom stereocenters. The third-order valence-corrected chi connectivity index (χ3v) is 6.52. The monoisotopic (exact) mass is 399 g/mol. The molecule has 0 radical (unpaired) electrons. The molecular weight excluding hydrogens is 366 g/mol. The Hall–Kier alpha value is -1.92. The van der Waals surface area contributed by atoms with Gasteiger partial charge in [-0.2, -0.15) is 0 Å². The van der Waals surface area contributed by atoms with E-state index in [9.17, 15) is 0 Å². The van der Waals surface area contributed by atoms with E-state index < -0.39 is 0 Å². The summed E-state index contributed by atoms with van der Waals surface area (Å²) in [5, 5.41) is 7.98. The maximum Gasteiger partial charge on any atom is 0.191 e. The number of hydrogen-bond donors (Lipinski definition) is 2. The Morgan fingerprint density at radius 2 is 1.96 bits per heavy atom. The summed E-state index contributed by atoms with van der Waals surface area (Å²) in [6.07, 6.45) is 1.12. The van der Waals surface area contributed by atoms with Gasteiger partial charge in [0.1, 0.15) is 5.01 Å². The maximum absolute atomic E-state index is 4.75. The van der Waals surface area contributed by atoms with Gasteiger partial charge in [0.25, 0.3) is 0 Å². The molecule has 3 rings (SSSR count). The lowest BCUT2D eigenvalue weighted by Gasteiger charge is -2.42. The molecule has 152 valence electrons. The Morgan fingerprint density at radius 3 is 2.64 bits per heavy atom. The molecular formula is C22H33N5S. The predicted molar refractivity (Wildman–Crippen MR) is 119 cm³/mol. The molecule has 2 aromatic rings. The van der Waals surface area contributed by atoms with E-state index in [4.69, 9.17) is 4.99 Å². The zero-order chi connectivity index (χ0) is 20.1. The highest BCUT2D eigenvalue weighted by molar-refractivity contribution is 7.11. The van der Waals surface area contributed by atoms with Gasteiger partial charge in [-0.05, 0) is 52.2 Å². The topological polar surface area (TPSA) is 52.6 Å². The molecule has 1 aromatic heterocycles. The van der Waals surface area contributed by atoms with Crippen LogP contribution in [0.2, 0.25) is 0 Å². The Morgan fingerprint density at radius 1 is 1.21 bits per heavy atom. The quantitative estimate of drug-likeness (QED) is 0.575. The van der Waals surface area contributed by atoms with Crippen molar-refractivity contribution in [2.24, 2.45) is 4.99 Å². The number of fused-ring (bicyclic) bond motifs is 1. The van der Waals surface area contributed by atoms with E-state index in [1.54, 1.807) is 11.3 Å². The van der Waals surface area contributed by atoms with Crippen LogP contribution in [0, 0.1) is 13.8 Å². The van der Waals surface area contributed by atoms with Crippen molar-refractivity contribution in [2.45, 2.75) is 59.7 Å². The first kappa shape index (κ1) is 20.8. The fraction of sp³-hybridized carbons (Fsp3) is 0.545. The van der Waals surface area contributed by atoms with Gasteiger partial charge in [-0.1, -0.05) is 24.3 Å². The minimum atomic E-state index is 0.0398. The van der Waals surface area contributed by atoms with E-state index in [2.05, 4.69) is 79.4 Å². The van der Waals surface area contributed by atoms with Crippen LogP contribution in [-0.2, 0) is 19.5 Å². The normalized spacial score (nSPS) is 15.4. The van der Waals surface area contributed by atoms with Crippen LogP contribution in [0.25, 0.3) is 0 Å². The molecule has 1 aliphatic heterocycles. The Kier molecular flexibility index (Phi) is 6.73. The van der Waals surface area contributed by atoms with Gasteiger partial charge in [-0.15, -0.1) is 11.3 Å². The maximum atomic E-state index is 4.75. The van der Waals surface area contributed by atoms with Gasteiger partial charge >= 0.3 is 0 Å². The highest BCUT2D eigenvalue weighted by atomic mass is 32.1. The molecule has 5 nitrogen and oxygen atoms in total. The summed E-state index contributed by atoms with van der Waals surface area (Å²) in [7, 11) is 0. The molecule has 0 saturated carbocycles. The summed E-state index contributed by atoms with van der Waals surface area (Å²) >= 11 is 1.73. The highest BCUT2D eigenvalue weighted by Crippen LogP contribution is 2.25. The van der Waals surface area contributed by atoms with E-state index in [1.165, 1.54) is 16.0 Å². The number of aromatic nitrogens is 1. The number of thiazole rings is 1. The van der Waals surface area contributed by atoms with Gasteiger partial charge in [0, 0.05) is 36.6 Å². The zero-order valence-electron chi connectivity index (χ0n) is 17.8. The van der Waals surface area contributed by atoms with Crippen LogP contribution in [-0.4, -0.2) is 41.0 Å². The number of hydrogen-bond acceptors (Lipinski definition) is 4. The summed E-state index contributed by atoms with van der Waals surface area (Å²) in [6.45, 7) is 15.3. The Bertz CT molecular complexity index is 805. The number of rotatable bonds is 6. The van der Waals surface area contributed by atoms with Gasteiger partial charge in [-0.25, -0.2) is 9.98 Å². The summed E-state index contributed by atoms with van der Waals surface area (Å²) in [4.78, 5) is 13.2. The number of aryl methyl sites for hydroxylation is 2. The highest BCUT2D eigenvalue weighted by Gasteiger charge is 2.29. The molecule has 6 heteroatoms. The lowest BCUT2D eigenvalue weighted by atomic mass is 9.94. The number of nitrogens with one attached hydrogen (secondary N) is 2. The minimum absolute atomic E-state index is 0.0398. The zero-order valence-corrected chi connectivity index (χ0v) is 18.6. The molecule has 0 atom stereocenters. The number of aliphatic imine (C=N–C) groups is 1. The second-order valence-corrected chi connectivity index (χ2v) is 9.34. The first-order chi connectivity index (χ1) is 13.4. The van der Waals surface area contributed by atoms with Crippen molar-refractivity contribution in [3.8, 4) is 0 Å². The molecule has 2 heterocycles. The van der Waals surface area contributed by atoms with Gasteiger partial charge in [0.05, 0.1) is 12.2 Å². The largest absolute Gasteiger partial charge is 0.357 e. The Labute approximate surface area is 173 Å². The van der Waals surface area contributed by atoms with Crippen LogP contribution < -0.4 is 10.6 Å². The third kappa shape index (κ3) is 5.11. The molecule has 0 spiro atoms. The number of guanidine groups is 1. The summed E-state index contributed by atoms with van der Waals surface area (Å²) < 4.78 is 0. The van der Waals surface area contributed by atoms with Crippen molar-refractivity contribution in [3.63, 3.8) is 0 Å². The summed E-state index contributed by atoms with van der Waals surface area (Å²) in [5.41, 5.74) is 4.10. The third-order valence-electron chi connectivity index (χ3n) is 5.46. The van der Waals surface area contributed by atoms with E-state index in [-0.39, 0.29) is 5.54 Å². The first-order valence-corrected chi connectivity index (χ1v) is 11.0. The van der Waals surface area contributed by atoms with Crippen molar-refractivity contribution in [3.05, 3.63) is 51.0 Å². The van der Waals surface area contributed by atoms with Crippen LogP contribution in [0.4, 0.5) is 0 Å². The SMILES string of the molecule is CCNC(=NCc1nc(C)c(C)s1)NCC(C)(C)N1CCc2ccccc2C1. The van der Waals surface area contributed by atoms with Crippen molar-refractivity contribution in [1.29, 1.82) is 0 Å². The van der Waals surface area contributed by atoms with Crippen LogP contribution in [0.15, 0.2) is 29.3 Å². The average Bonchev–Trinajstić information content (AvgIpc) is 3.01.